The quantitative estimate of drug-likeness (QED) is 0.729. The normalized spacial score (nSPS) is 10.4. The Balaban J connectivity index is 1.65. The average Bonchev–Trinajstić information content (AvgIpc) is 3.12. The van der Waals surface area contributed by atoms with Crippen molar-refractivity contribution < 1.29 is 4.79 Å². The summed E-state index contributed by atoms with van der Waals surface area (Å²) in [5.74, 6) is 0.294. The minimum Gasteiger partial charge on any atom is -0.350 e. The molecule has 0 aliphatic heterocycles. The summed E-state index contributed by atoms with van der Waals surface area (Å²) in [6, 6.07) is 11.9. The molecule has 0 spiro atoms. The zero-order valence-electron chi connectivity index (χ0n) is 12.2. The van der Waals surface area contributed by atoms with Gasteiger partial charge < -0.3 is 5.32 Å². The molecule has 0 fully saturated rings. The third-order valence-corrected chi connectivity index (χ3v) is 3.15. The molecule has 1 amide bonds. The zero-order valence-corrected chi connectivity index (χ0v) is 12.2. The van der Waals surface area contributed by atoms with Crippen LogP contribution in [0.15, 0.2) is 59.9 Å². The van der Waals surface area contributed by atoms with E-state index in [0.29, 0.717) is 17.9 Å². The molecule has 0 saturated carbocycles. The maximum atomic E-state index is 11.9. The number of hydrogen-bond acceptors (Lipinski definition) is 5. The number of aromatic nitrogens is 5. The SMILES string of the molecule is O=C(NCCn1nc(-n2cncn2)ccc1=O)c1ccccc1. The molecule has 2 heterocycles. The fraction of sp³-hybridized carbons (Fsp3) is 0.133. The van der Waals surface area contributed by atoms with Gasteiger partial charge in [-0.25, -0.2) is 14.3 Å². The fourth-order valence-electron chi connectivity index (χ4n) is 2.01. The molecule has 0 bridgehead atoms. The van der Waals surface area contributed by atoms with Crippen molar-refractivity contribution in [3.05, 3.63) is 71.0 Å². The van der Waals surface area contributed by atoms with Crippen LogP contribution in [0.25, 0.3) is 5.82 Å². The second kappa shape index (κ2) is 6.65. The van der Waals surface area contributed by atoms with Crippen molar-refractivity contribution in [2.45, 2.75) is 6.54 Å². The van der Waals surface area contributed by atoms with Crippen LogP contribution in [0.5, 0.6) is 0 Å². The number of rotatable bonds is 5. The summed E-state index contributed by atoms with van der Waals surface area (Å²) >= 11 is 0. The molecule has 0 saturated heterocycles. The highest BCUT2D eigenvalue weighted by atomic mass is 16.2. The van der Waals surface area contributed by atoms with Gasteiger partial charge in [-0.2, -0.15) is 5.10 Å². The molecule has 116 valence electrons. The highest BCUT2D eigenvalue weighted by Crippen LogP contribution is 1.98. The van der Waals surface area contributed by atoms with Crippen LogP contribution in [0, 0.1) is 0 Å². The Bertz CT molecular complexity index is 842. The van der Waals surface area contributed by atoms with Crippen molar-refractivity contribution in [1.82, 2.24) is 29.9 Å². The van der Waals surface area contributed by atoms with E-state index in [1.807, 2.05) is 6.07 Å². The standard InChI is InChI=1S/C15H14N6O2/c22-14-7-6-13(21-11-16-10-18-21)19-20(14)9-8-17-15(23)12-4-2-1-3-5-12/h1-7,10-11H,8-9H2,(H,17,23). The van der Waals surface area contributed by atoms with E-state index in [9.17, 15) is 9.59 Å². The zero-order chi connectivity index (χ0) is 16.1. The van der Waals surface area contributed by atoms with Gasteiger partial charge in [0.15, 0.2) is 5.82 Å². The van der Waals surface area contributed by atoms with Crippen LogP contribution in [-0.2, 0) is 6.54 Å². The number of nitrogens with zero attached hydrogens (tertiary/aromatic N) is 5. The molecule has 0 aliphatic rings. The molecule has 0 atom stereocenters. The van der Waals surface area contributed by atoms with E-state index in [2.05, 4.69) is 20.5 Å². The van der Waals surface area contributed by atoms with Gasteiger partial charge in [-0.05, 0) is 18.2 Å². The summed E-state index contributed by atoms with van der Waals surface area (Å²) in [6.45, 7) is 0.557. The molecule has 0 radical (unpaired) electrons. The molecule has 8 heteroatoms. The van der Waals surface area contributed by atoms with Crippen molar-refractivity contribution >= 4 is 5.91 Å². The second-order valence-corrected chi connectivity index (χ2v) is 4.71. The molecule has 0 aliphatic carbocycles. The maximum Gasteiger partial charge on any atom is 0.266 e. The molecule has 1 aromatic carbocycles. The van der Waals surface area contributed by atoms with Crippen LogP contribution in [0.1, 0.15) is 10.4 Å². The lowest BCUT2D eigenvalue weighted by atomic mass is 10.2. The third kappa shape index (κ3) is 3.49. The minimum absolute atomic E-state index is 0.189. The average molecular weight is 310 g/mol. The Morgan fingerprint density at radius 1 is 1.13 bits per heavy atom. The summed E-state index contributed by atoms with van der Waals surface area (Å²) in [5.41, 5.74) is 0.326. The Labute approximate surface area is 131 Å². The van der Waals surface area contributed by atoms with E-state index in [1.54, 1.807) is 30.3 Å². The Hall–Kier alpha value is -3.29. The monoisotopic (exact) mass is 310 g/mol. The van der Waals surface area contributed by atoms with Gasteiger partial charge in [-0.3, -0.25) is 9.59 Å². The van der Waals surface area contributed by atoms with Gasteiger partial charge in [0.05, 0.1) is 6.54 Å². The van der Waals surface area contributed by atoms with E-state index in [0.717, 1.165) is 0 Å². The minimum atomic E-state index is -0.247. The van der Waals surface area contributed by atoms with Crippen molar-refractivity contribution in [3.8, 4) is 5.82 Å². The van der Waals surface area contributed by atoms with Gasteiger partial charge in [-0.1, -0.05) is 18.2 Å². The maximum absolute atomic E-state index is 11.9. The second-order valence-electron chi connectivity index (χ2n) is 4.71. The van der Waals surface area contributed by atoms with Crippen LogP contribution in [-0.4, -0.2) is 37.0 Å². The van der Waals surface area contributed by atoms with Crippen molar-refractivity contribution in [3.63, 3.8) is 0 Å². The molecular formula is C15H14N6O2. The Morgan fingerprint density at radius 3 is 2.70 bits per heavy atom. The van der Waals surface area contributed by atoms with Crippen LogP contribution in [0.4, 0.5) is 0 Å². The first-order valence-electron chi connectivity index (χ1n) is 7.00. The van der Waals surface area contributed by atoms with Gasteiger partial charge >= 0.3 is 0 Å². The fourth-order valence-corrected chi connectivity index (χ4v) is 2.01. The lowest BCUT2D eigenvalue weighted by molar-refractivity contribution is 0.0951. The first-order valence-corrected chi connectivity index (χ1v) is 7.00. The van der Waals surface area contributed by atoms with E-state index >= 15 is 0 Å². The van der Waals surface area contributed by atoms with Gasteiger partial charge in [-0.15, -0.1) is 5.10 Å². The molecule has 1 N–H and O–H groups in total. The smallest absolute Gasteiger partial charge is 0.266 e. The molecule has 3 aromatic rings. The van der Waals surface area contributed by atoms with Gasteiger partial charge in [0.1, 0.15) is 12.7 Å². The highest BCUT2D eigenvalue weighted by Gasteiger charge is 2.06. The predicted molar refractivity (Wildman–Crippen MR) is 82.2 cm³/mol. The number of carbonyl (C=O) groups is 1. The van der Waals surface area contributed by atoms with Crippen LogP contribution in [0.2, 0.25) is 0 Å². The van der Waals surface area contributed by atoms with E-state index in [1.165, 1.54) is 28.1 Å². The predicted octanol–water partition coefficient (Wildman–Crippen LogP) is 0.254. The summed E-state index contributed by atoms with van der Waals surface area (Å²) in [7, 11) is 0. The van der Waals surface area contributed by atoms with Crippen molar-refractivity contribution in [2.24, 2.45) is 0 Å². The molecular weight excluding hydrogens is 296 g/mol. The number of hydrogen-bond donors (Lipinski definition) is 1. The number of amides is 1. The summed E-state index contributed by atoms with van der Waals surface area (Å²) < 4.78 is 2.74. The van der Waals surface area contributed by atoms with Crippen molar-refractivity contribution in [1.29, 1.82) is 0 Å². The molecule has 0 unspecified atom stereocenters. The lowest BCUT2D eigenvalue weighted by Gasteiger charge is -2.08. The molecule has 23 heavy (non-hydrogen) atoms. The highest BCUT2D eigenvalue weighted by molar-refractivity contribution is 5.94. The van der Waals surface area contributed by atoms with Crippen LogP contribution >= 0.6 is 0 Å². The van der Waals surface area contributed by atoms with Gasteiger partial charge in [0.25, 0.3) is 11.5 Å². The van der Waals surface area contributed by atoms with E-state index in [4.69, 9.17) is 0 Å². The number of nitrogens with one attached hydrogen (secondary N) is 1. The Morgan fingerprint density at radius 2 is 1.96 bits per heavy atom. The van der Waals surface area contributed by atoms with Gasteiger partial charge in [0.2, 0.25) is 0 Å². The summed E-state index contributed by atoms with van der Waals surface area (Å²) in [6.07, 6.45) is 2.88. The van der Waals surface area contributed by atoms with E-state index in [-0.39, 0.29) is 18.0 Å². The van der Waals surface area contributed by atoms with Crippen LogP contribution < -0.4 is 10.9 Å². The number of carbonyl (C=O) groups excluding carboxylic acids is 1. The first-order chi connectivity index (χ1) is 11.2. The van der Waals surface area contributed by atoms with E-state index < -0.39 is 0 Å². The van der Waals surface area contributed by atoms with Crippen LogP contribution in [0.3, 0.4) is 0 Å². The molecule has 3 rings (SSSR count). The summed E-state index contributed by atoms with van der Waals surface area (Å²) in [4.78, 5) is 27.6. The first kappa shape index (κ1) is 14.6. The largest absolute Gasteiger partial charge is 0.350 e. The third-order valence-electron chi connectivity index (χ3n) is 3.15. The van der Waals surface area contributed by atoms with Gasteiger partial charge in [0, 0.05) is 18.2 Å². The number of benzene rings is 1. The molecule has 8 nitrogen and oxygen atoms in total. The summed E-state index contributed by atoms with van der Waals surface area (Å²) in [5, 5.41) is 10.9. The molecule has 2 aromatic heterocycles. The lowest BCUT2D eigenvalue weighted by Crippen LogP contribution is -2.32. The van der Waals surface area contributed by atoms with Crippen molar-refractivity contribution in [2.75, 3.05) is 6.54 Å². The topological polar surface area (TPSA) is 94.7 Å². The Kier molecular flexibility index (Phi) is 4.23.